The maximum Gasteiger partial charge on any atom is 0.230 e. The second kappa shape index (κ2) is 11.2. The predicted molar refractivity (Wildman–Crippen MR) is 153 cm³/mol. The molecule has 8 nitrogen and oxygen atoms in total. The Morgan fingerprint density at radius 1 is 0.816 bits per heavy atom. The van der Waals surface area contributed by atoms with Crippen LogP contribution in [0.5, 0.6) is 11.5 Å². The highest BCUT2D eigenvalue weighted by Crippen LogP contribution is 2.33. The molecule has 0 spiro atoms. The summed E-state index contributed by atoms with van der Waals surface area (Å²) in [6.07, 6.45) is -0.0140. The molecule has 5 aromatic rings. The first-order valence-electron chi connectivity index (χ1n) is 12.0. The van der Waals surface area contributed by atoms with Crippen LogP contribution in [0.2, 0.25) is 0 Å². The van der Waals surface area contributed by atoms with Crippen molar-refractivity contribution in [2.45, 2.75) is 19.3 Å². The molecule has 0 aliphatic rings. The number of carbonyl (C=O) groups is 2. The summed E-state index contributed by atoms with van der Waals surface area (Å²) >= 11 is 2.75. The molecule has 10 heteroatoms. The molecule has 194 valence electrons. The maximum absolute atomic E-state index is 13.6. The van der Waals surface area contributed by atoms with E-state index in [2.05, 4.69) is 20.6 Å². The van der Waals surface area contributed by atoms with E-state index in [1.165, 1.54) is 22.7 Å². The molecule has 2 aromatic heterocycles. The third kappa shape index (κ3) is 5.61. The Kier molecular flexibility index (Phi) is 7.52. The fraction of sp³-hybridized carbons (Fsp3) is 0.214. The zero-order valence-corrected chi connectivity index (χ0v) is 22.7. The van der Waals surface area contributed by atoms with E-state index in [1.807, 2.05) is 73.7 Å². The van der Waals surface area contributed by atoms with E-state index < -0.39 is 5.92 Å². The molecule has 2 heterocycles. The summed E-state index contributed by atoms with van der Waals surface area (Å²) in [4.78, 5) is 35.8. The molecular weight excluding hydrogens is 520 g/mol. The summed E-state index contributed by atoms with van der Waals surface area (Å²) in [5, 5.41) is 6.78. The lowest BCUT2D eigenvalue weighted by atomic mass is 9.84. The van der Waals surface area contributed by atoms with Gasteiger partial charge in [-0.3, -0.25) is 9.59 Å². The Morgan fingerprint density at radius 3 is 1.92 bits per heavy atom. The molecule has 3 aromatic carbocycles. The molecule has 38 heavy (non-hydrogen) atoms. The van der Waals surface area contributed by atoms with Crippen molar-refractivity contribution >= 4 is 65.2 Å². The van der Waals surface area contributed by atoms with Crippen molar-refractivity contribution < 1.29 is 19.1 Å². The molecule has 2 N–H and O–H groups in total. The highest BCUT2D eigenvalue weighted by Gasteiger charge is 2.30. The number of methoxy groups -OCH3 is 2. The Morgan fingerprint density at radius 2 is 1.37 bits per heavy atom. The number of anilines is 2. The number of carbonyl (C=O) groups excluding carboxylic acids is 2. The highest BCUT2D eigenvalue weighted by molar-refractivity contribution is 7.22. The van der Waals surface area contributed by atoms with E-state index in [-0.39, 0.29) is 24.2 Å². The first-order chi connectivity index (χ1) is 18.4. The number of aromatic nitrogens is 2. The molecule has 0 radical (unpaired) electrons. The molecule has 0 fully saturated rings. The van der Waals surface area contributed by atoms with Gasteiger partial charge in [0.1, 0.15) is 11.5 Å². The molecule has 0 bridgehead atoms. The lowest BCUT2D eigenvalue weighted by molar-refractivity contribution is -0.125. The minimum Gasteiger partial charge on any atom is -0.497 e. The number of hydrogen-bond acceptors (Lipinski definition) is 8. The van der Waals surface area contributed by atoms with Crippen molar-refractivity contribution in [2.75, 3.05) is 24.9 Å². The van der Waals surface area contributed by atoms with Gasteiger partial charge in [0.05, 0.1) is 40.6 Å². The van der Waals surface area contributed by atoms with Gasteiger partial charge in [0.15, 0.2) is 10.3 Å². The van der Waals surface area contributed by atoms with Crippen LogP contribution < -0.4 is 20.1 Å². The lowest BCUT2D eigenvalue weighted by Gasteiger charge is -2.22. The number of hydrogen-bond donors (Lipinski definition) is 2. The van der Waals surface area contributed by atoms with Crippen LogP contribution in [0.3, 0.4) is 0 Å². The highest BCUT2D eigenvalue weighted by atomic mass is 32.1. The van der Waals surface area contributed by atoms with Crippen molar-refractivity contribution in [3.8, 4) is 11.5 Å². The van der Waals surface area contributed by atoms with E-state index in [4.69, 9.17) is 9.47 Å². The fourth-order valence-electron chi connectivity index (χ4n) is 4.23. The second-order valence-corrected chi connectivity index (χ2v) is 10.8. The molecule has 0 saturated heterocycles. The summed E-state index contributed by atoms with van der Waals surface area (Å²) in [7, 11) is 3.20. The van der Waals surface area contributed by atoms with Crippen LogP contribution in [-0.2, 0) is 9.59 Å². The van der Waals surface area contributed by atoms with E-state index in [9.17, 15) is 9.59 Å². The molecule has 5 rings (SSSR count). The van der Waals surface area contributed by atoms with Gasteiger partial charge in [-0.25, -0.2) is 9.97 Å². The van der Waals surface area contributed by atoms with Crippen molar-refractivity contribution in [1.82, 2.24) is 9.97 Å². The van der Waals surface area contributed by atoms with Crippen LogP contribution in [0.15, 0.2) is 66.7 Å². The maximum atomic E-state index is 13.6. The number of benzene rings is 3. The molecule has 2 amide bonds. The van der Waals surface area contributed by atoms with Crippen molar-refractivity contribution in [1.29, 1.82) is 0 Å². The summed E-state index contributed by atoms with van der Waals surface area (Å²) in [5.74, 6) is -0.00220. The quantitative estimate of drug-likeness (QED) is 0.225. The molecule has 0 saturated carbocycles. The number of rotatable bonds is 9. The summed E-state index contributed by atoms with van der Waals surface area (Å²) in [6, 6.07) is 20.9. The van der Waals surface area contributed by atoms with Crippen LogP contribution >= 0.6 is 22.7 Å². The minimum absolute atomic E-state index is 0.0140. The van der Waals surface area contributed by atoms with Gasteiger partial charge >= 0.3 is 0 Å². The zero-order valence-electron chi connectivity index (χ0n) is 21.1. The average molecular weight is 547 g/mol. The lowest BCUT2D eigenvalue weighted by Crippen LogP contribution is -2.31. The standard InChI is InChI=1S/C28H26N4O4S2/c1-16(17-7-5-4-6-8-17)20(26(34)32-28-30-22-14-19(36-3)10-12-24(22)38-28)15-25(33)31-27-29-21-13-18(35-2)9-11-23(21)37-27/h4-14,16,20H,15H2,1-3H3,(H,29,31,33)(H,30,32,34)/t16-,20-/m1/s1. The normalized spacial score (nSPS) is 12.7. The van der Waals surface area contributed by atoms with Gasteiger partial charge in [0, 0.05) is 18.6 Å². The second-order valence-electron chi connectivity index (χ2n) is 8.75. The van der Waals surface area contributed by atoms with E-state index in [0.717, 1.165) is 26.0 Å². The third-order valence-corrected chi connectivity index (χ3v) is 8.24. The first-order valence-corrected chi connectivity index (χ1v) is 13.6. The number of nitrogens with zero attached hydrogens (tertiary/aromatic N) is 2. The largest absolute Gasteiger partial charge is 0.497 e. The van der Waals surface area contributed by atoms with Crippen molar-refractivity contribution in [3.63, 3.8) is 0 Å². The van der Waals surface area contributed by atoms with Gasteiger partial charge in [-0.05, 0) is 35.7 Å². The summed E-state index contributed by atoms with van der Waals surface area (Å²) in [6.45, 7) is 1.96. The van der Waals surface area contributed by atoms with Gasteiger partial charge in [0.2, 0.25) is 11.8 Å². The molecule has 0 unspecified atom stereocenters. The van der Waals surface area contributed by atoms with Crippen LogP contribution in [0.1, 0.15) is 24.8 Å². The Labute approximate surface area is 227 Å². The predicted octanol–water partition coefficient (Wildman–Crippen LogP) is 6.31. The summed E-state index contributed by atoms with van der Waals surface area (Å²) < 4.78 is 12.4. The van der Waals surface area contributed by atoms with Gasteiger partial charge in [-0.15, -0.1) is 0 Å². The monoisotopic (exact) mass is 546 g/mol. The average Bonchev–Trinajstić information content (AvgIpc) is 3.53. The molecule has 0 aliphatic carbocycles. The Bertz CT molecular complexity index is 1600. The van der Waals surface area contributed by atoms with Crippen LogP contribution in [-0.4, -0.2) is 36.0 Å². The third-order valence-electron chi connectivity index (χ3n) is 6.34. The summed E-state index contributed by atoms with van der Waals surface area (Å²) in [5.41, 5.74) is 2.45. The van der Waals surface area contributed by atoms with E-state index in [0.29, 0.717) is 21.8 Å². The zero-order chi connectivity index (χ0) is 26.6. The van der Waals surface area contributed by atoms with Crippen LogP contribution in [0.4, 0.5) is 10.3 Å². The van der Waals surface area contributed by atoms with Crippen molar-refractivity contribution in [3.05, 3.63) is 72.3 Å². The topological polar surface area (TPSA) is 102 Å². The van der Waals surface area contributed by atoms with Gasteiger partial charge in [0.25, 0.3) is 0 Å². The Balaban J connectivity index is 1.36. The molecule has 2 atom stereocenters. The van der Waals surface area contributed by atoms with Crippen LogP contribution in [0.25, 0.3) is 20.4 Å². The molecule has 0 aliphatic heterocycles. The first kappa shape index (κ1) is 25.6. The van der Waals surface area contributed by atoms with E-state index >= 15 is 0 Å². The van der Waals surface area contributed by atoms with Gasteiger partial charge in [-0.2, -0.15) is 0 Å². The number of fused-ring (bicyclic) bond motifs is 2. The number of thiazole rings is 2. The van der Waals surface area contributed by atoms with E-state index in [1.54, 1.807) is 14.2 Å². The number of ether oxygens (including phenoxy) is 2. The molecular formula is C28H26N4O4S2. The SMILES string of the molecule is COc1ccc2sc(NC(=O)C[C@@H](C(=O)Nc3nc4cc(OC)ccc4s3)[C@H](C)c3ccccc3)nc2c1. The number of amides is 2. The number of nitrogens with one attached hydrogen (secondary N) is 2. The van der Waals surface area contributed by atoms with Crippen molar-refractivity contribution in [2.24, 2.45) is 5.92 Å². The Hall–Kier alpha value is -4.02. The fourth-order valence-corrected chi connectivity index (χ4v) is 5.94. The smallest absolute Gasteiger partial charge is 0.230 e. The van der Waals surface area contributed by atoms with Gasteiger partial charge < -0.3 is 20.1 Å². The minimum atomic E-state index is -0.631. The van der Waals surface area contributed by atoms with Gasteiger partial charge in [-0.1, -0.05) is 59.9 Å². The van der Waals surface area contributed by atoms with Crippen LogP contribution in [0, 0.1) is 5.92 Å².